The van der Waals surface area contributed by atoms with Crippen LogP contribution in [0.5, 0.6) is 23.0 Å². The number of anilines is 16. The minimum absolute atomic E-state index is 0.0489. The molecule has 1 saturated heterocycles. The zero-order chi connectivity index (χ0) is 99.2. The van der Waals surface area contributed by atoms with Crippen molar-refractivity contribution >= 4 is 134 Å². The van der Waals surface area contributed by atoms with Crippen molar-refractivity contribution in [3.05, 3.63) is 132 Å². The number of methoxy groups -OCH3 is 4. The van der Waals surface area contributed by atoms with Crippen LogP contribution in [0.4, 0.5) is 92.6 Å². The van der Waals surface area contributed by atoms with Crippen molar-refractivity contribution in [2.45, 2.75) is 206 Å². The second kappa shape index (κ2) is 42.7. The summed E-state index contributed by atoms with van der Waals surface area (Å²) in [5.74, 6) is 8.34. The predicted octanol–water partition coefficient (Wildman–Crippen LogP) is 15.0. The molecule has 0 radical (unpaired) electrons. The Balaban J connectivity index is 0.000000136. The molecule has 6 saturated carbocycles. The summed E-state index contributed by atoms with van der Waals surface area (Å²) in [6.45, 7) is 20.6. The molecule has 5 aliphatic heterocycles. The van der Waals surface area contributed by atoms with Crippen molar-refractivity contribution in [2.24, 2.45) is 28.1 Å². The van der Waals surface area contributed by atoms with E-state index < -0.39 is 10.8 Å². The lowest BCUT2D eigenvalue weighted by molar-refractivity contribution is -0.132. The van der Waals surface area contributed by atoms with Crippen LogP contribution < -0.4 is 101 Å². The Morgan fingerprint density at radius 3 is 1.15 bits per heavy atom. The molecule has 11 aliphatic rings. The molecule has 1 spiro atoms. The molecule has 8 aromatic rings. The van der Waals surface area contributed by atoms with Gasteiger partial charge in [-0.25, -0.2) is 19.9 Å². The SMILES string of the molecule is C=C1C[C@@H](C)N(C2CCCC2)c2nc(Nc3ccc(C(=O)NC)cc3OC)ncc2N1C.CNC(=O)c1ccc(Nc2ncc3c(n2)N(C2CCCC2)CC2(CCC2)C(=O)N3C)c(OC)c1.CNC(=O)c1ccc(Nc2ncc3c(n2)N(CC2CC2)CC(C)(C)C(=O)N3C)c(OC)c1.COc1cc(C(=O)NC2CCN(CC3CC3)CC2)ccc1Nc1ncc2c(n1)N(C1CCCC1)CC(C)(C)C(=O)N2C. The van der Waals surface area contributed by atoms with E-state index in [1.54, 1.807) is 145 Å². The first kappa shape index (κ1) is 99.6. The normalized spacial score (nSPS) is 19.5. The molecule has 9 heterocycles. The Kier molecular flexibility index (Phi) is 30.4. The number of nitrogens with one attached hydrogen (secondary N) is 8. The number of amides is 7. The molecule has 1 atom stereocenters. The van der Waals surface area contributed by atoms with E-state index in [4.69, 9.17) is 38.9 Å². The second-order valence-electron chi connectivity index (χ2n) is 40.5. The average molecular weight is 1920 g/mol. The number of hydrogen-bond acceptors (Lipinski definition) is 29. The van der Waals surface area contributed by atoms with Crippen molar-refractivity contribution in [3.63, 3.8) is 0 Å². The first-order valence-corrected chi connectivity index (χ1v) is 49.6. The Morgan fingerprint density at radius 2 is 0.764 bits per heavy atom. The summed E-state index contributed by atoms with van der Waals surface area (Å²) < 4.78 is 22.2. The largest absolute Gasteiger partial charge is 0.495 e. The van der Waals surface area contributed by atoms with Gasteiger partial charge in [-0.15, -0.1) is 0 Å². The van der Waals surface area contributed by atoms with Gasteiger partial charge >= 0.3 is 0 Å². The molecule has 36 nitrogen and oxygen atoms in total. The summed E-state index contributed by atoms with van der Waals surface area (Å²) in [6.07, 6.45) is 32.1. The molecule has 4 aromatic heterocycles. The van der Waals surface area contributed by atoms with Gasteiger partial charge in [-0.2, -0.15) is 19.9 Å². The highest BCUT2D eigenvalue weighted by Gasteiger charge is 2.52. The molecule has 746 valence electrons. The summed E-state index contributed by atoms with van der Waals surface area (Å²) in [4.78, 5) is 146. The maximum absolute atomic E-state index is 13.4. The van der Waals surface area contributed by atoms with E-state index in [1.165, 1.54) is 83.6 Å². The van der Waals surface area contributed by atoms with Gasteiger partial charge in [0.15, 0.2) is 23.3 Å². The molecule has 7 amide bonds. The van der Waals surface area contributed by atoms with Crippen molar-refractivity contribution in [1.29, 1.82) is 0 Å². The third kappa shape index (κ3) is 21.9. The van der Waals surface area contributed by atoms with E-state index in [2.05, 4.69) is 105 Å². The Labute approximate surface area is 821 Å². The number of nitrogens with zero attached hydrogens (tertiary/aromatic N) is 17. The topological polar surface area (TPSA) is 385 Å². The van der Waals surface area contributed by atoms with E-state index in [0.29, 0.717) is 147 Å². The molecule has 0 bridgehead atoms. The maximum atomic E-state index is 13.4. The summed E-state index contributed by atoms with van der Waals surface area (Å²) in [6, 6.07) is 22.7. The van der Waals surface area contributed by atoms with Gasteiger partial charge in [0, 0.05) is 160 Å². The van der Waals surface area contributed by atoms with E-state index in [0.717, 1.165) is 136 Å². The number of aromatic nitrogens is 8. The minimum atomic E-state index is -0.543. The Hall–Kier alpha value is -13.4. The van der Waals surface area contributed by atoms with Crippen LogP contribution in [-0.2, 0) is 14.4 Å². The van der Waals surface area contributed by atoms with Crippen molar-refractivity contribution in [2.75, 3.05) is 184 Å². The van der Waals surface area contributed by atoms with Gasteiger partial charge in [-0.05, 0) is 209 Å². The number of hydrogen-bond donors (Lipinski definition) is 8. The molecule has 19 rings (SSSR count). The lowest BCUT2D eigenvalue weighted by Crippen LogP contribution is -2.52. The number of carbonyl (C=O) groups excluding carboxylic acids is 7. The van der Waals surface area contributed by atoms with Crippen molar-refractivity contribution < 1.29 is 52.5 Å². The first-order valence-electron chi connectivity index (χ1n) is 49.6. The number of likely N-dealkylation sites (tertiary alicyclic amines) is 1. The zero-order valence-corrected chi connectivity index (χ0v) is 84.1. The monoisotopic (exact) mass is 1910 g/mol. The summed E-state index contributed by atoms with van der Waals surface area (Å²) >= 11 is 0. The summed E-state index contributed by atoms with van der Waals surface area (Å²) in [5, 5.41) is 24.1. The zero-order valence-electron chi connectivity index (χ0n) is 84.1. The quantitative estimate of drug-likeness (QED) is 0.0278. The highest BCUT2D eigenvalue weighted by Crippen LogP contribution is 2.51. The van der Waals surface area contributed by atoms with Crippen LogP contribution in [0.1, 0.15) is 217 Å². The molecule has 140 heavy (non-hydrogen) atoms. The van der Waals surface area contributed by atoms with Gasteiger partial charge in [0.2, 0.25) is 41.5 Å². The fourth-order valence-electron chi connectivity index (χ4n) is 21.0. The van der Waals surface area contributed by atoms with Crippen LogP contribution in [0.2, 0.25) is 0 Å². The fourth-order valence-corrected chi connectivity index (χ4v) is 21.0. The standard InChI is InChI=1S/C32H45N7O3.C25H32N6O3.C24H32N6O2.C23H30N6O3/c1-32(2)20-39(24-7-5-6-8-24)28-26(37(3)30(32)41)18-33-31(36-28)35-25-12-11-22(17-27(25)42-4)29(40)34-23-13-15-38(16-14-23)19-21-9-10-21;1-26-22(32)16-9-10-18(20(13-16)34-3)28-24-27-14-19-21(29-24)31(17-7-4-5-8-17)15-25(11-6-12-25)23(33)30(19)2;1-15-12-16(2)30(18-8-6-7-9-18)22-20(29(15)4)14-26-24(28-22)27-19-11-10-17(23(31)25-3)13-21(19)32-5;1-23(2)13-29(12-14-6-7-14)19-17(28(4)21(23)31)11-25-22(27-19)26-16-9-8-15(20(30)24-3)10-18(16)32-5/h11-12,17-18,21,23-24H,5-10,13-16,19-20H2,1-4H3,(H,34,40)(H,33,35,36);9-10,13-14,17H,4-8,11-12,15H2,1-3H3,(H,26,32)(H,27,28,29);10-11,13-14,16,18H,1,6-9,12H2,2-5H3,(H,25,31)(H,26,27,28);8-11,14H,6-7,12-13H2,1-5H3,(H,24,30)(H,25,26,27)/t;;16-;/m..1./s1. The van der Waals surface area contributed by atoms with Gasteiger partial charge in [0.05, 0.1) is 92.2 Å². The third-order valence-electron chi connectivity index (χ3n) is 29.6. The van der Waals surface area contributed by atoms with Gasteiger partial charge in [0.25, 0.3) is 23.6 Å². The highest BCUT2D eigenvalue weighted by molar-refractivity contribution is 6.04. The number of piperidine rings is 1. The van der Waals surface area contributed by atoms with E-state index >= 15 is 0 Å². The Morgan fingerprint density at radius 1 is 0.414 bits per heavy atom. The van der Waals surface area contributed by atoms with Gasteiger partial charge < -0.3 is 106 Å². The predicted molar refractivity (Wildman–Crippen MR) is 548 cm³/mol. The van der Waals surface area contributed by atoms with Crippen molar-refractivity contribution in [3.8, 4) is 23.0 Å². The molecular formula is C104H139N25O11. The lowest BCUT2D eigenvalue weighted by Gasteiger charge is -2.44. The molecular weight excluding hydrogens is 1780 g/mol. The third-order valence-corrected chi connectivity index (χ3v) is 29.6. The van der Waals surface area contributed by atoms with Crippen LogP contribution >= 0.6 is 0 Å². The van der Waals surface area contributed by atoms with Gasteiger partial charge in [-0.1, -0.05) is 51.5 Å². The Bertz CT molecular complexity index is 5900. The molecule has 0 unspecified atom stereocenters. The van der Waals surface area contributed by atoms with Crippen LogP contribution in [0.3, 0.4) is 0 Å². The number of ether oxygens (including phenoxy) is 4. The fraction of sp³-hybridized carbons (Fsp3) is 0.529. The molecule has 7 fully saturated rings. The number of fused-ring (bicyclic) bond motifs is 4. The van der Waals surface area contributed by atoms with Crippen LogP contribution in [0.15, 0.2) is 110 Å². The number of carbonyl (C=O) groups is 7. The van der Waals surface area contributed by atoms with Crippen molar-refractivity contribution in [1.82, 2.24) is 66.0 Å². The highest BCUT2D eigenvalue weighted by atomic mass is 16.5. The molecule has 8 N–H and O–H groups in total. The smallest absolute Gasteiger partial charge is 0.251 e. The molecule has 6 aliphatic carbocycles. The van der Waals surface area contributed by atoms with Gasteiger partial charge in [-0.3, -0.25) is 33.6 Å². The summed E-state index contributed by atoms with van der Waals surface area (Å²) in [5.41, 5.74) is 7.61. The maximum Gasteiger partial charge on any atom is 0.251 e. The number of benzene rings is 4. The summed E-state index contributed by atoms with van der Waals surface area (Å²) in [7, 11) is 18.5. The van der Waals surface area contributed by atoms with Gasteiger partial charge in [0.1, 0.15) is 45.7 Å². The molecule has 36 heteroatoms. The first-order chi connectivity index (χ1) is 67.3. The van der Waals surface area contributed by atoms with Crippen LogP contribution in [-0.4, -0.2) is 240 Å². The number of rotatable bonds is 24. The van der Waals surface area contributed by atoms with E-state index in [-0.39, 0.29) is 52.8 Å². The van der Waals surface area contributed by atoms with E-state index in [1.807, 2.05) is 73.2 Å². The lowest BCUT2D eigenvalue weighted by atomic mass is 9.67. The van der Waals surface area contributed by atoms with E-state index in [9.17, 15) is 33.6 Å². The average Bonchev–Trinajstić information content (AvgIpc) is 1.65. The van der Waals surface area contributed by atoms with Crippen LogP contribution in [0.25, 0.3) is 0 Å². The van der Waals surface area contributed by atoms with Crippen LogP contribution in [0, 0.1) is 28.1 Å². The second-order valence-corrected chi connectivity index (χ2v) is 40.5. The minimum Gasteiger partial charge on any atom is -0.495 e. The molecule has 4 aromatic carbocycles.